The summed E-state index contributed by atoms with van der Waals surface area (Å²) in [7, 11) is 0. The third kappa shape index (κ3) is 2.83. The van der Waals surface area contributed by atoms with Gasteiger partial charge in [-0.3, -0.25) is 9.69 Å². The number of H-pyrrole nitrogens is 1. The predicted octanol–water partition coefficient (Wildman–Crippen LogP) is 3.55. The van der Waals surface area contributed by atoms with Gasteiger partial charge in [0.05, 0.1) is 12.6 Å². The van der Waals surface area contributed by atoms with E-state index in [0.29, 0.717) is 12.3 Å². The van der Waals surface area contributed by atoms with E-state index in [2.05, 4.69) is 28.1 Å². The van der Waals surface area contributed by atoms with Crippen LogP contribution in [0.1, 0.15) is 36.8 Å². The maximum absolute atomic E-state index is 11.6. The highest BCUT2D eigenvalue weighted by atomic mass is 16.4. The number of hydrogen-bond acceptors (Lipinski definition) is 4. The molecular formula is C19H20N2O3. The standard InChI is InChI=1S/C19H20N2O3/c22-18-10-14(24-12-19(18)23)11-21-8-4-3-7-17(21)16-9-13-5-1-2-6-15(13)20-16/h1-2,5-6,9-10,12,17,20,23H,3-4,7-8,11H2. The summed E-state index contributed by atoms with van der Waals surface area (Å²) in [6.07, 6.45) is 4.53. The van der Waals surface area contributed by atoms with Gasteiger partial charge in [-0.1, -0.05) is 24.6 Å². The van der Waals surface area contributed by atoms with Crippen LogP contribution >= 0.6 is 0 Å². The highest BCUT2D eigenvalue weighted by molar-refractivity contribution is 5.80. The van der Waals surface area contributed by atoms with E-state index in [4.69, 9.17) is 4.42 Å². The molecule has 5 nitrogen and oxygen atoms in total. The third-order valence-electron chi connectivity index (χ3n) is 4.75. The van der Waals surface area contributed by atoms with Gasteiger partial charge in [0.15, 0.2) is 5.75 Å². The average molecular weight is 324 g/mol. The molecule has 0 amide bonds. The summed E-state index contributed by atoms with van der Waals surface area (Å²) >= 11 is 0. The van der Waals surface area contributed by atoms with Gasteiger partial charge in [-0.25, -0.2) is 0 Å². The molecule has 1 aliphatic heterocycles. The topological polar surface area (TPSA) is 69.5 Å². The molecule has 124 valence electrons. The Kier molecular flexibility index (Phi) is 3.86. The lowest BCUT2D eigenvalue weighted by atomic mass is 9.99. The Hall–Kier alpha value is -2.53. The first-order chi connectivity index (χ1) is 11.7. The summed E-state index contributed by atoms with van der Waals surface area (Å²) in [5, 5.41) is 10.6. The summed E-state index contributed by atoms with van der Waals surface area (Å²) in [5.74, 6) is 0.241. The molecule has 4 rings (SSSR count). The van der Waals surface area contributed by atoms with E-state index in [-0.39, 0.29) is 11.8 Å². The highest BCUT2D eigenvalue weighted by Gasteiger charge is 2.26. The van der Waals surface area contributed by atoms with Crippen LogP contribution in [0.2, 0.25) is 0 Å². The molecule has 1 fully saturated rings. The normalized spacial score (nSPS) is 18.9. The number of nitrogens with zero attached hydrogens (tertiary/aromatic N) is 1. The summed E-state index contributed by atoms with van der Waals surface area (Å²) in [5.41, 5.74) is 1.96. The number of nitrogens with one attached hydrogen (secondary N) is 1. The number of fused-ring (bicyclic) bond motifs is 1. The third-order valence-corrected chi connectivity index (χ3v) is 4.75. The first-order valence-corrected chi connectivity index (χ1v) is 8.33. The van der Waals surface area contributed by atoms with Crippen LogP contribution in [-0.4, -0.2) is 21.5 Å². The van der Waals surface area contributed by atoms with Gasteiger partial charge < -0.3 is 14.5 Å². The maximum atomic E-state index is 11.6. The van der Waals surface area contributed by atoms with Crippen molar-refractivity contribution in [3.63, 3.8) is 0 Å². The second-order valence-corrected chi connectivity index (χ2v) is 6.39. The van der Waals surface area contributed by atoms with Crippen LogP contribution in [0.5, 0.6) is 5.75 Å². The molecule has 0 aliphatic carbocycles. The number of aromatic amines is 1. The van der Waals surface area contributed by atoms with E-state index in [1.165, 1.54) is 23.6 Å². The molecule has 1 saturated heterocycles. The van der Waals surface area contributed by atoms with Crippen molar-refractivity contribution in [1.82, 2.24) is 9.88 Å². The molecule has 0 bridgehead atoms. The molecule has 2 N–H and O–H groups in total. The van der Waals surface area contributed by atoms with E-state index in [1.807, 2.05) is 12.1 Å². The molecule has 0 radical (unpaired) electrons. The van der Waals surface area contributed by atoms with Gasteiger partial charge in [-0.15, -0.1) is 0 Å². The highest BCUT2D eigenvalue weighted by Crippen LogP contribution is 2.33. The molecule has 2 aromatic heterocycles. The number of aromatic nitrogens is 1. The summed E-state index contributed by atoms with van der Waals surface area (Å²) in [6, 6.07) is 12.2. The lowest BCUT2D eigenvalue weighted by molar-refractivity contribution is 0.126. The number of rotatable bonds is 3. The van der Waals surface area contributed by atoms with Crippen LogP contribution < -0.4 is 5.43 Å². The van der Waals surface area contributed by atoms with Crippen molar-refractivity contribution in [3.8, 4) is 5.75 Å². The van der Waals surface area contributed by atoms with Gasteiger partial charge in [0.1, 0.15) is 12.0 Å². The largest absolute Gasteiger partial charge is 0.502 e. The molecule has 0 saturated carbocycles. The Morgan fingerprint density at radius 1 is 1.25 bits per heavy atom. The molecule has 1 atom stereocenters. The van der Waals surface area contributed by atoms with Crippen LogP contribution in [0.15, 0.2) is 51.9 Å². The monoisotopic (exact) mass is 324 g/mol. The zero-order chi connectivity index (χ0) is 16.5. The van der Waals surface area contributed by atoms with E-state index in [1.54, 1.807) is 0 Å². The van der Waals surface area contributed by atoms with Crippen molar-refractivity contribution in [2.24, 2.45) is 0 Å². The molecule has 3 heterocycles. The molecule has 1 aromatic carbocycles. The van der Waals surface area contributed by atoms with Crippen LogP contribution in [0.4, 0.5) is 0 Å². The molecule has 1 unspecified atom stereocenters. The Labute approximate surface area is 139 Å². The number of para-hydroxylation sites is 1. The van der Waals surface area contributed by atoms with E-state index >= 15 is 0 Å². The molecule has 3 aromatic rings. The van der Waals surface area contributed by atoms with Crippen LogP contribution in [0, 0.1) is 0 Å². The fraction of sp³-hybridized carbons (Fsp3) is 0.316. The molecule has 1 aliphatic rings. The molecule has 24 heavy (non-hydrogen) atoms. The first-order valence-electron chi connectivity index (χ1n) is 8.33. The van der Waals surface area contributed by atoms with Gasteiger partial charge in [0.25, 0.3) is 0 Å². The minimum Gasteiger partial charge on any atom is -0.502 e. The minimum absolute atomic E-state index is 0.283. The Morgan fingerprint density at radius 2 is 2.12 bits per heavy atom. The Morgan fingerprint density at radius 3 is 2.96 bits per heavy atom. The Bertz CT molecular complexity index is 879. The van der Waals surface area contributed by atoms with Crippen molar-refractivity contribution in [2.45, 2.75) is 31.8 Å². The average Bonchev–Trinajstić information content (AvgIpc) is 3.02. The number of benzene rings is 1. The zero-order valence-corrected chi connectivity index (χ0v) is 13.4. The van der Waals surface area contributed by atoms with E-state index in [9.17, 15) is 9.90 Å². The van der Waals surface area contributed by atoms with E-state index in [0.717, 1.165) is 31.2 Å². The number of aromatic hydroxyl groups is 1. The van der Waals surface area contributed by atoms with Gasteiger partial charge >= 0.3 is 0 Å². The van der Waals surface area contributed by atoms with Crippen LogP contribution in [-0.2, 0) is 6.54 Å². The van der Waals surface area contributed by atoms with Crippen molar-refractivity contribution in [1.29, 1.82) is 0 Å². The lowest BCUT2D eigenvalue weighted by Gasteiger charge is -2.34. The molecule has 0 spiro atoms. The molecule has 5 heteroatoms. The Balaban J connectivity index is 1.62. The summed E-state index contributed by atoms with van der Waals surface area (Å²) in [6.45, 7) is 1.53. The molecular weight excluding hydrogens is 304 g/mol. The lowest BCUT2D eigenvalue weighted by Crippen LogP contribution is -2.33. The predicted molar refractivity (Wildman–Crippen MR) is 91.9 cm³/mol. The van der Waals surface area contributed by atoms with Crippen molar-refractivity contribution < 1.29 is 9.52 Å². The smallest absolute Gasteiger partial charge is 0.226 e. The fourth-order valence-corrected chi connectivity index (χ4v) is 3.53. The summed E-state index contributed by atoms with van der Waals surface area (Å²) < 4.78 is 5.38. The zero-order valence-electron chi connectivity index (χ0n) is 13.4. The van der Waals surface area contributed by atoms with Gasteiger partial charge in [-0.2, -0.15) is 0 Å². The fourth-order valence-electron chi connectivity index (χ4n) is 3.53. The van der Waals surface area contributed by atoms with Crippen LogP contribution in [0.25, 0.3) is 10.9 Å². The van der Waals surface area contributed by atoms with Crippen molar-refractivity contribution >= 4 is 10.9 Å². The number of likely N-dealkylation sites (tertiary alicyclic amines) is 1. The minimum atomic E-state index is -0.393. The SMILES string of the molecule is O=c1cc(CN2CCCCC2c2cc3ccccc3[nH]2)occ1O. The maximum Gasteiger partial charge on any atom is 0.226 e. The van der Waals surface area contributed by atoms with Crippen molar-refractivity contribution in [2.75, 3.05) is 6.54 Å². The number of hydrogen-bond donors (Lipinski definition) is 2. The van der Waals surface area contributed by atoms with E-state index < -0.39 is 5.43 Å². The first kappa shape index (κ1) is 15.0. The quantitative estimate of drug-likeness (QED) is 0.773. The van der Waals surface area contributed by atoms with Crippen molar-refractivity contribution in [3.05, 3.63) is 64.3 Å². The van der Waals surface area contributed by atoms with Gasteiger partial charge in [-0.05, 0) is 36.9 Å². The van der Waals surface area contributed by atoms with Crippen LogP contribution in [0.3, 0.4) is 0 Å². The second kappa shape index (κ2) is 6.17. The summed E-state index contributed by atoms with van der Waals surface area (Å²) in [4.78, 5) is 17.5. The van der Waals surface area contributed by atoms with Gasteiger partial charge in [0, 0.05) is 17.3 Å². The number of piperidine rings is 1. The van der Waals surface area contributed by atoms with Gasteiger partial charge in [0.2, 0.25) is 5.43 Å². The second-order valence-electron chi connectivity index (χ2n) is 6.39.